The van der Waals surface area contributed by atoms with Gasteiger partial charge in [0.25, 0.3) is 0 Å². The molecule has 2 fully saturated rings. The SMILES string of the molecule is CCNC(=NCCCN1CCC(O)CC1)NC1CC(OCC)C1(CC)CC.I. The largest absolute Gasteiger partial charge is 0.393 e. The molecule has 2 unspecified atom stereocenters. The van der Waals surface area contributed by atoms with Crippen molar-refractivity contribution in [3.63, 3.8) is 0 Å². The Kier molecular flexibility index (Phi) is 12.3. The molecule has 1 aliphatic carbocycles. The number of likely N-dealkylation sites (tertiary alicyclic amines) is 1. The van der Waals surface area contributed by atoms with Crippen molar-refractivity contribution in [3.05, 3.63) is 0 Å². The number of hydrogen-bond acceptors (Lipinski definition) is 4. The van der Waals surface area contributed by atoms with Crippen molar-refractivity contribution in [2.75, 3.05) is 39.3 Å². The Hall–Kier alpha value is -0.120. The predicted octanol–water partition coefficient (Wildman–Crippen LogP) is 2.99. The highest BCUT2D eigenvalue weighted by Crippen LogP contribution is 2.48. The summed E-state index contributed by atoms with van der Waals surface area (Å²) in [6.07, 6.45) is 6.48. The van der Waals surface area contributed by atoms with Gasteiger partial charge in [-0.3, -0.25) is 4.99 Å². The van der Waals surface area contributed by atoms with Gasteiger partial charge in [0.2, 0.25) is 0 Å². The molecule has 1 heterocycles. The van der Waals surface area contributed by atoms with Crippen LogP contribution in [0.3, 0.4) is 0 Å². The van der Waals surface area contributed by atoms with Crippen molar-refractivity contribution < 1.29 is 9.84 Å². The number of aliphatic imine (C=N–C) groups is 1. The smallest absolute Gasteiger partial charge is 0.191 e. The quantitative estimate of drug-likeness (QED) is 0.183. The van der Waals surface area contributed by atoms with Crippen molar-refractivity contribution >= 4 is 29.9 Å². The van der Waals surface area contributed by atoms with Gasteiger partial charge in [-0.25, -0.2) is 0 Å². The van der Waals surface area contributed by atoms with Gasteiger partial charge in [-0.05, 0) is 58.9 Å². The lowest BCUT2D eigenvalue weighted by Crippen LogP contribution is -2.65. The van der Waals surface area contributed by atoms with Crippen molar-refractivity contribution in [1.29, 1.82) is 0 Å². The molecule has 1 aliphatic heterocycles. The fourth-order valence-electron chi connectivity index (χ4n) is 4.70. The lowest BCUT2D eigenvalue weighted by molar-refractivity contribution is -0.133. The molecule has 0 aromatic carbocycles. The van der Waals surface area contributed by atoms with E-state index in [0.29, 0.717) is 12.1 Å². The van der Waals surface area contributed by atoms with Crippen molar-refractivity contribution in [2.45, 2.75) is 84.5 Å². The number of nitrogens with zero attached hydrogens (tertiary/aromatic N) is 2. The molecular formula is C21H43IN4O2. The number of hydrogen-bond donors (Lipinski definition) is 3. The maximum absolute atomic E-state index is 9.60. The molecule has 0 aromatic heterocycles. The van der Waals surface area contributed by atoms with Crippen LogP contribution >= 0.6 is 24.0 Å². The van der Waals surface area contributed by atoms with Gasteiger partial charge in [0.05, 0.1) is 12.2 Å². The fraction of sp³-hybridized carbons (Fsp3) is 0.952. The monoisotopic (exact) mass is 510 g/mol. The van der Waals surface area contributed by atoms with Gasteiger partial charge in [0.1, 0.15) is 0 Å². The first-order valence-corrected chi connectivity index (χ1v) is 11.2. The van der Waals surface area contributed by atoms with E-state index in [1.54, 1.807) is 0 Å². The lowest BCUT2D eigenvalue weighted by atomic mass is 9.58. The van der Waals surface area contributed by atoms with Crippen LogP contribution in [0.5, 0.6) is 0 Å². The Labute approximate surface area is 189 Å². The minimum Gasteiger partial charge on any atom is -0.393 e. The van der Waals surface area contributed by atoms with Crippen LogP contribution < -0.4 is 10.6 Å². The van der Waals surface area contributed by atoms with Crippen molar-refractivity contribution in [3.8, 4) is 0 Å². The van der Waals surface area contributed by atoms with Crippen molar-refractivity contribution in [2.24, 2.45) is 10.4 Å². The second-order valence-corrected chi connectivity index (χ2v) is 8.00. The summed E-state index contributed by atoms with van der Waals surface area (Å²) in [5.41, 5.74) is 0.223. The van der Waals surface area contributed by atoms with Gasteiger partial charge in [-0.1, -0.05) is 13.8 Å². The molecule has 0 spiro atoms. The zero-order chi connectivity index (χ0) is 19.7. The van der Waals surface area contributed by atoms with Crippen LogP contribution in [-0.2, 0) is 4.74 Å². The van der Waals surface area contributed by atoms with Crippen LogP contribution in [0.4, 0.5) is 0 Å². The second kappa shape index (κ2) is 13.2. The summed E-state index contributed by atoms with van der Waals surface area (Å²) < 4.78 is 6.00. The molecule has 0 bridgehead atoms. The molecule has 2 aliphatic rings. The number of nitrogens with one attached hydrogen (secondary N) is 2. The Bertz CT molecular complexity index is 452. The fourth-order valence-corrected chi connectivity index (χ4v) is 4.70. The van der Waals surface area contributed by atoms with E-state index in [0.717, 1.165) is 83.8 Å². The zero-order valence-corrected chi connectivity index (χ0v) is 20.7. The Morgan fingerprint density at radius 2 is 1.86 bits per heavy atom. The summed E-state index contributed by atoms with van der Waals surface area (Å²) in [5.74, 6) is 0.942. The van der Waals surface area contributed by atoms with E-state index >= 15 is 0 Å². The second-order valence-electron chi connectivity index (χ2n) is 8.00. The third kappa shape index (κ3) is 6.71. The molecule has 0 amide bonds. The van der Waals surface area contributed by atoms with E-state index in [4.69, 9.17) is 9.73 Å². The first-order valence-electron chi connectivity index (χ1n) is 11.2. The van der Waals surface area contributed by atoms with Gasteiger partial charge in [-0.15, -0.1) is 24.0 Å². The van der Waals surface area contributed by atoms with Crippen LogP contribution in [0.2, 0.25) is 0 Å². The summed E-state index contributed by atoms with van der Waals surface area (Å²) in [7, 11) is 0. The van der Waals surface area contributed by atoms with Gasteiger partial charge in [0, 0.05) is 44.2 Å². The van der Waals surface area contributed by atoms with E-state index in [2.05, 4.69) is 43.2 Å². The number of ether oxygens (including phenoxy) is 1. The molecule has 1 saturated carbocycles. The van der Waals surface area contributed by atoms with Crippen LogP contribution in [0, 0.1) is 5.41 Å². The molecule has 2 rings (SSSR count). The summed E-state index contributed by atoms with van der Waals surface area (Å²) in [6, 6.07) is 0.436. The topological polar surface area (TPSA) is 69.1 Å². The summed E-state index contributed by atoms with van der Waals surface area (Å²) in [5, 5.41) is 16.7. The molecule has 166 valence electrons. The summed E-state index contributed by atoms with van der Waals surface area (Å²) in [6.45, 7) is 14.4. The van der Waals surface area contributed by atoms with Gasteiger partial charge >= 0.3 is 0 Å². The first-order chi connectivity index (χ1) is 13.1. The van der Waals surface area contributed by atoms with Crippen LogP contribution in [0.25, 0.3) is 0 Å². The summed E-state index contributed by atoms with van der Waals surface area (Å²) >= 11 is 0. The minimum atomic E-state index is -0.0933. The van der Waals surface area contributed by atoms with Crippen molar-refractivity contribution in [1.82, 2.24) is 15.5 Å². The van der Waals surface area contributed by atoms with Crippen LogP contribution in [0.1, 0.15) is 66.2 Å². The zero-order valence-electron chi connectivity index (χ0n) is 18.4. The molecule has 1 saturated heterocycles. The van der Waals surface area contributed by atoms with Gasteiger partial charge in [0.15, 0.2) is 5.96 Å². The number of piperidine rings is 1. The van der Waals surface area contributed by atoms with E-state index in [1.807, 2.05) is 0 Å². The highest BCUT2D eigenvalue weighted by Gasteiger charge is 2.53. The standard InChI is InChI=1S/C21H42N4O2.HI/c1-5-21(6-2)18(16-19(21)27-8-4)24-20(22-7-3)23-12-9-13-25-14-10-17(26)11-15-25;/h17-19,26H,5-16H2,1-4H3,(H2,22,23,24);1H. The third-order valence-corrected chi connectivity index (χ3v) is 6.58. The normalized spacial score (nSPS) is 25.7. The molecule has 28 heavy (non-hydrogen) atoms. The van der Waals surface area contributed by atoms with Crippen LogP contribution in [0.15, 0.2) is 4.99 Å². The number of aliphatic hydroxyl groups excluding tert-OH is 1. The highest BCUT2D eigenvalue weighted by atomic mass is 127. The maximum atomic E-state index is 9.60. The first kappa shape index (κ1) is 25.9. The Morgan fingerprint density at radius 3 is 2.43 bits per heavy atom. The molecule has 7 heteroatoms. The van der Waals surface area contributed by atoms with E-state index in [1.165, 1.54) is 0 Å². The third-order valence-electron chi connectivity index (χ3n) is 6.58. The Balaban J connectivity index is 0.00000392. The van der Waals surface area contributed by atoms with E-state index in [9.17, 15) is 5.11 Å². The van der Waals surface area contributed by atoms with E-state index < -0.39 is 0 Å². The van der Waals surface area contributed by atoms with Gasteiger partial charge in [-0.2, -0.15) is 0 Å². The minimum absolute atomic E-state index is 0. The number of halogens is 1. The maximum Gasteiger partial charge on any atom is 0.191 e. The average Bonchev–Trinajstić information content (AvgIpc) is 2.66. The highest BCUT2D eigenvalue weighted by molar-refractivity contribution is 14.0. The van der Waals surface area contributed by atoms with Gasteiger partial charge < -0.3 is 25.4 Å². The lowest BCUT2D eigenvalue weighted by Gasteiger charge is -2.55. The molecule has 0 aromatic rings. The Morgan fingerprint density at radius 1 is 1.18 bits per heavy atom. The average molecular weight is 511 g/mol. The number of guanidine groups is 1. The number of rotatable bonds is 10. The molecule has 6 nitrogen and oxygen atoms in total. The molecular weight excluding hydrogens is 467 g/mol. The molecule has 2 atom stereocenters. The number of aliphatic hydroxyl groups is 1. The van der Waals surface area contributed by atoms with E-state index in [-0.39, 0.29) is 35.5 Å². The van der Waals surface area contributed by atoms with Crippen LogP contribution in [-0.4, -0.2) is 73.5 Å². The molecule has 3 N–H and O–H groups in total. The molecule has 0 radical (unpaired) electrons. The summed E-state index contributed by atoms with van der Waals surface area (Å²) in [4.78, 5) is 7.26. The predicted molar refractivity (Wildman–Crippen MR) is 128 cm³/mol.